The van der Waals surface area contributed by atoms with Gasteiger partial charge in [0.2, 0.25) is 0 Å². The molecule has 0 aliphatic rings. The Morgan fingerprint density at radius 3 is 2.57 bits per heavy atom. The number of amides is 1. The summed E-state index contributed by atoms with van der Waals surface area (Å²) in [4.78, 5) is 13.2. The van der Waals surface area contributed by atoms with Gasteiger partial charge in [-0.15, -0.1) is 11.8 Å². The second-order valence-corrected chi connectivity index (χ2v) is 5.09. The predicted molar refractivity (Wildman–Crippen MR) is 88.6 cm³/mol. The summed E-state index contributed by atoms with van der Waals surface area (Å²) in [7, 11) is 0. The maximum atomic E-state index is 12.3. The maximum absolute atomic E-state index is 12.3. The average Bonchev–Trinajstić information content (AvgIpc) is 2.54. The molecule has 3 N–H and O–H groups in total. The predicted octanol–water partition coefficient (Wildman–Crippen LogP) is 2.97. The summed E-state index contributed by atoms with van der Waals surface area (Å²) in [5, 5.41) is 2.89. The van der Waals surface area contributed by atoms with Crippen molar-refractivity contribution in [3.05, 3.63) is 59.7 Å². The van der Waals surface area contributed by atoms with Crippen LogP contribution in [-0.4, -0.2) is 18.7 Å². The van der Waals surface area contributed by atoms with E-state index in [1.807, 2.05) is 54.8 Å². The van der Waals surface area contributed by atoms with Gasteiger partial charge in [-0.3, -0.25) is 4.79 Å². The van der Waals surface area contributed by atoms with E-state index >= 15 is 0 Å². The van der Waals surface area contributed by atoms with Gasteiger partial charge in [0.25, 0.3) is 5.91 Å². The molecule has 0 fully saturated rings. The highest BCUT2D eigenvalue weighted by Gasteiger charge is 2.10. The number of anilines is 1. The molecule has 0 bridgehead atoms. The molecular formula is C17H16N2OS. The molecule has 0 radical (unpaired) electrons. The van der Waals surface area contributed by atoms with E-state index in [4.69, 9.17) is 5.73 Å². The second kappa shape index (κ2) is 7.53. The standard InChI is InChI=1S/C17H16N2OS/c1-21-16-7-3-2-6-15(16)17(20)19-14-10-8-13(9-11-14)5-4-12-18/h2-3,6-11H,12,18H2,1H3,(H,19,20). The van der Waals surface area contributed by atoms with Crippen LogP contribution in [0, 0.1) is 11.8 Å². The molecule has 106 valence electrons. The third-order valence-corrected chi connectivity index (χ3v) is 3.62. The fourth-order valence-electron chi connectivity index (χ4n) is 1.82. The van der Waals surface area contributed by atoms with Crippen LogP contribution in [0.1, 0.15) is 15.9 Å². The van der Waals surface area contributed by atoms with Gasteiger partial charge in [0, 0.05) is 16.1 Å². The van der Waals surface area contributed by atoms with Gasteiger partial charge in [0.1, 0.15) is 0 Å². The number of carbonyl (C=O) groups excluding carboxylic acids is 1. The number of benzene rings is 2. The molecule has 3 nitrogen and oxygen atoms in total. The molecular weight excluding hydrogens is 280 g/mol. The normalized spacial score (nSPS) is 9.62. The zero-order chi connectivity index (χ0) is 15.1. The molecule has 2 rings (SSSR count). The minimum atomic E-state index is -0.110. The van der Waals surface area contributed by atoms with E-state index in [1.54, 1.807) is 11.8 Å². The lowest BCUT2D eigenvalue weighted by atomic mass is 10.2. The first-order chi connectivity index (χ1) is 10.2. The molecule has 0 aliphatic carbocycles. The lowest BCUT2D eigenvalue weighted by Gasteiger charge is -2.08. The molecule has 2 aromatic rings. The smallest absolute Gasteiger partial charge is 0.256 e. The van der Waals surface area contributed by atoms with Crippen molar-refractivity contribution in [2.24, 2.45) is 5.73 Å². The van der Waals surface area contributed by atoms with Crippen LogP contribution in [0.5, 0.6) is 0 Å². The Kier molecular flexibility index (Phi) is 5.44. The first-order valence-electron chi connectivity index (χ1n) is 6.48. The van der Waals surface area contributed by atoms with E-state index < -0.39 is 0 Å². The Morgan fingerprint density at radius 1 is 1.19 bits per heavy atom. The van der Waals surface area contributed by atoms with E-state index in [0.717, 1.165) is 16.1 Å². The highest BCUT2D eigenvalue weighted by Crippen LogP contribution is 2.21. The van der Waals surface area contributed by atoms with Gasteiger partial charge in [0.15, 0.2) is 0 Å². The number of hydrogen-bond acceptors (Lipinski definition) is 3. The number of rotatable bonds is 3. The van der Waals surface area contributed by atoms with Gasteiger partial charge < -0.3 is 11.1 Å². The quantitative estimate of drug-likeness (QED) is 0.676. The van der Waals surface area contributed by atoms with Gasteiger partial charge in [-0.2, -0.15) is 0 Å². The SMILES string of the molecule is CSc1ccccc1C(=O)Nc1ccc(C#CCN)cc1. The molecule has 0 atom stereocenters. The van der Waals surface area contributed by atoms with E-state index in [1.165, 1.54) is 0 Å². The summed E-state index contributed by atoms with van der Waals surface area (Å²) < 4.78 is 0. The molecule has 0 saturated carbocycles. The van der Waals surface area contributed by atoms with Gasteiger partial charge >= 0.3 is 0 Å². The van der Waals surface area contributed by atoms with Crippen molar-refractivity contribution in [3.63, 3.8) is 0 Å². The van der Waals surface area contributed by atoms with Crippen LogP contribution in [0.4, 0.5) is 5.69 Å². The highest BCUT2D eigenvalue weighted by atomic mass is 32.2. The lowest BCUT2D eigenvalue weighted by molar-refractivity contribution is 0.102. The van der Waals surface area contributed by atoms with E-state index in [-0.39, 0.29) is 5.91 Å². The monoisotopic (exact) mass is 296 g/mol. The molecule has 1 amide bonds. The summed E-state index contributed by atoms with van der Waals surface area (Å²) in [6.07, 6.45) is 1.96. The van der Waals surface area contributed by atoms with Gasteiger partial charge in [-0.25, -0.2) is 0 Å². The maximum Gasteiger partial charge on any atom is 0.256 e. The van der Waals surface area contributed by atoms with E-state index in [2.05, 4.69) is 17.2 Å². The second-order valence-electron chi connectivity index (χ2n) is 4.24. The number of carbonyl (C=O) groups is 1. The van der Waals surface area contributed by atoms with E-state index in [9.17, 15) is 4.79 Å². The van der Waals surface area contributed by atoms with Crippen LogP contribution in [0.15, 0.2) is 53.4 Å². The molecule has 4 heteroatoms. The van der Waals surface area contributed by atoms with Gasteiger partial charge in [0.05, 0.1) is 12.1 Å². The van der Waals surface area contributed by atoms with Crippen LogP contribution in [0.2, 0.25) is 0 Å². The summed E-state index contributed by atoms with van der Waals surface area (Å²) in [6.45, 7) is 0.337. The molecule has 0 heterocycles. The number of hydrogen-bond donors (Lipinski definition) is 2. The molecule has 0 saturated heterocycles. The largest absolute Gasteiger partial charge is 0.322 e. The van der Waals surface area contributed by atoms with E-state index in [0.29, 0.717) is 12.1 Å². The number of nitrogens with two attached hydrogens (primary N) is 1. The molecule has 2 aromatic carbocycles. The fraction of sp³-hybridized carbons (Fsp3) is 0.118. The van der Waals surface area contributed by atoms with Crippen molar-refractivity contribution >= 4 is 23.4 Å². The first kappa shape index (κ1) is 15.2. The Balaban J connectivity index is 2.12. The van der Waals surface area contributed by atoms with Crippen molar-refractivity contribution in [3.8, 4) is 11.8 Å². The fourth-order valence-corrected chi connectivity index (χ4v) is 2.42. The van der Waals surface area contributed by atoms with Gasteiger partial charge in [-0.05, 0) is 42.7 Å². The summed E-state index contributed by atoms with van der Waals surface area (Å²) in [5.41, 5.74) is 7.63. The van der Waals surface area contributed by atoms with Crippen molar-refractivity contribution in [1.82, 2.24) is 0 Å². The molecule has 0 aliphatic heterocycles. The Bertz CT molecular complexity index is 684. The Morgan fingerprint density at radius 2 is 1.90 bits per heavy atom. The third kappa shape index (κ3) is 4.12. The van der Waals surface area contributed by atoms with Gasteiger partial charge in [-0.1, -0.05) is 24.0 Å². The molecule has 0 aromatic heterocycles. The molecule has 21 heavy (non-hydrogen) atoms. The molecule has 0 unspecified atom stereocenters. The summed E-state index contributed by atoms with van der Waals surface area (Å²) >= 11 is 1.55. The van der Waals surface area contributed by atoms with Crippen molar-refractivity contribution in [2.45, 2.75) is 4.90 Å². The van der Waals surface area contributed by atoms with Crippen LogP contribution < -0.4 is 11.1 Å². The number of nitrogens with one attached hydrogen (secondary N) is 1. The van der Waals surface area contributed by atoms with Crippen LogP contribution in [0.25, 0.3) is 0 Å². The average molecular weight is 296 g/mol. The van der Waals surface area contributed by atoms with Crippen molar-refractivity contribution in [2.75, 3.05) is 18.1 Å². The van der Waals surface area contributed by atoms with Crippen LogP contribution >= 0.6 is 11.8 Å². The molecule has 0 spiro atoms. The van der Waals surface area contributed by atoms with Crippen molar-refractivity contribution in [1.29, 1.82) is 0 Å². The van der Waals surface area contributed by atoms with Crippen molar-refractivity contribution < 1.29 is 4.79 Å². The Hall–Kier alpha value is -2.22. The third-order valence-electron chi connectivity index (χ3n) is 2.83. The summed E-state index contributed by atoms with van der Waals surface area (Å²) in [5.74, 6) is 5.63. The zero-order valence-corrected chi connectivity index (χ0v) is 12.5. The minimum Gasteiger partial charge on any atom is -0.322 e. The topological polar surface area (TPSA) is 55.1 Å². The van der Waals surface area contributed by atoms with Crippen LogP contribution in [0.3, 0.4) is 0 Å². The van der Waals surface area contributed by atoms with Crippen LogP contribution in [-0.2, 0) is 0 Å². The lowest BCUT2D eigenvalue weighted by Crippen LogP contribution is -2.12. The zero-order valence-electron chi connectivity index (χ0n) is 11.7. The first-order valence-corrected chi connectivity index (χ1v) is 7.70. The summed E-state index contributed by atoms with van der Waals surface area (Å²) in [6, 6.07) is 14.9. The Labute approximate surface area is 128 Å². The highest BCUT2D eigenvalue weighted by molar-refractivity contribution is 7.98. The number of thioether (sulfide) groups is 1. The minimum absolute atomic E-state index is 0.110.